The molecule has 2 heteroatoms. The fourth-order valence-electron chi connectivity index (χ4n) is 2.92. The molecule has 1 unspecified atom stereocenters. The minimum absolute atomic E-state index is 0.200. The van der Waals surface area contributed by atoms with Crippen LogP contribution in [0.5, 0.6) is 0 Å². The molecule has 2 aromatic rings. The first kappa shape index (κ1) is 14.4. The quantitative estimate of drug-likeness (QED) is 0.655. The van der Waals surface area contributed by atoms with E-state index in [0.29, 0.717) is 0 Å². The molecule has 1 nitrogen and oxygen atoms in total. The van der Waals surface area contributed by atoms with Crippen molar-refractivity contribution >= 4 is 15.9 Å². The molecule has 19 heavy (non-hydrogen) atoms. The zero-order valence-corrected chi connectivity index (χ0v) is 14.1. The lowest BCUT2D eigenvalue weighted by Crippen LogP contribution is -2.02. The van der Waals surface area contributed by atoms with E-state index in [9.17, 15) is 0 Å². The second-order valence-corrected chi connectivity index (χ2v) is 6.34. The number of furan rings is 1. The SMILES string of the molecule is Cc1cc(C)c(C(Br)c2c(C)oc(C)c2C)c(C)c1. The van der Waals surface area contributed by atoms with Gasteiger partial charge in [0.15, 0.2) is 0 Å². The number of hydrogen-bond donors (Lipinski definition) is 0. The Kier molecular flexibility index (Phi) is 3.91. The molecule has 0 N–H and O–H groups in total. The minimum atomic E-state index is 0.200. The van der Waals surface area contributed by atoms with Crippen molar-refractivity contribution in [2.24, 2.45) is 0 Å². The first-order chi connectivity index (χ1) is 8.82. The maximum atomic E-state index is 5.76. The molecule has 1 aromatic heterocycles. The van der Waals surface area contributed by atoms with Crippen LogP contribution in [0.4, 0.5) is 0 Å². The van der Waals surface area contributed by atoms with E-state index >= 15 is 0 Å². The van der Waals surface area contributed by atoms with Crippen LogP contribution >= 0.6 is 15.9 Å². The lowest BCUT2D eigenvalue weighted by molar-refractivity contribution is 0.500. The number of rotatable bonds is 2. The summed E-state index contributed by atoms with van der Waals surface area (Å²) in [5.74, 6) is 2.02. The summed E-state index contributed by atoms with van der Waals surface area (Å²) >= 11 is 3.88. The van der Waals surface area contributed by atoms with Gasteiger partial charge in [-0.3, -0.25) is 0 Å². The highest BCUT2D eigenvalue weighted by atomic mass is 79.9. The Morgan fingerprint density at radius 2 is 1.37 bits per heavy atom. The third-order valence-corrected chi connectivity index (χ3v) is 4.78. The maximum absolute atomic E-state index is 5.76. The molecular weight excluding hydrogens is 300 g/mol. The highest BCUT2D eigenvalue weighted by Crippen LogP contribution is 2.40. The second kappa shape index (κ2) is 5.16. The van der Waals surface area contributed by atoms with Gasteiger partial charge in [-0.05, 0) is 63.8 Å². The zero-order valence-electron chi connectivity index (χ0n) is 12.5. The van der Waals surface area contributed by atoms with Gasteiger partial charge in [-0.2, -0.15) is 0 Å². The summed E-state index contributed by atoms with van der Waals surface area (Å²) in [4.78, 5) is 0.200. The maximum Gasteiger partial charge on any atom is 0.106 e. The smallest absolute Gasteiger partial charge is 0.106 e. The number of benzene rings is 1. The average molecular weight is 321 g/mol. The van der Waals surface area contributed by atoms with Crippen LogP contribution in [0.3, 0.4) is 0 Å². The van der Waals surface area contributed by atoms with E-state index in [1.807, 2.05) is 13.8 Å². The molecule has 0 fully saturated rings. The van der Waals surface area contributed by atoms with Gasteiger partial charge in [0, 0.05) is 5.56 Å². The van der Waals surface area contributed by atoms with Crippen molar-refractivity contribution < 1.29 is 4.42 Å². The van der Waals surface area contributed by atoms with Crippen LogP contribution < -0.4 is 0 Å². The van der Waals surface area contributed by atoms with Crippen LogP contribution in [-0.4, -0.2) is 0 Å². The van der Waals surface area contributed by atoms with Crippen molar-refractivity contribution in [2.75, 3.05) is 0 Å². The van der Waals surface area contributed by atoms with Crippen LogP contribution in [0.2, 0.25) is 0 Å². The van der Waals surface area contributed by atoms with Crippen LogP contribution in [0.1, 0.15) is 49.7 Å². The van der Waals surface area contributed by atoms with Crippen LogP contribution in [0, 0.1) is 41.5 Å². The zero-order chi connectivity index (χ0) is 14.3. The molecular formula is C17H21BrO. The topological polar surface area (TPSA) is 13.1 Å². The van der Waals surface area contributed by atoms with Gasteiger partial charge < -0.3 is 4.42 Å². The summed E-state index contributed by atoms with van der Waals surface area (Å²) in [7, 11) is 0. The molecule has 0 radical (unpaired) electrons. The highest BCUT2D eigenvalue weighted by Gasteiger charge is 2.23. The number of alkyl halides is 1. The molecule has 0 saturated heterocycles. The normalized spacial score (nSPS) is 12.8. The van der Waals surface area contributed by atoms with Crippen LogP contribution in [0.15, 0.2) is 16.5 Å². The van der Waals surface area contributed by atoms with Crippen molar-refractivity contribution in [3.05, 3.63) is 57.0 Å². The number of hydrogen-bond acceptors (Lipinski definition) is 1. The van der Waals surface area contributed by atoms with Gasteiger partial charge in [0.2, 0.25) is 0 Å². The standard InChI is InChI=1S/C17H21BrO/c1-9-7-10(2)15(11(3)8-9)17(18)16-12(4)13(5)19-14(16)6/h7-8,17H,1-6H3. The molecule has 0 bridgehead atoms. The fourth-order valence-corrected chi connectivity index (χ4v) is 4.31. The molecule has 1 aromatic carbocycles. The van der Waals surface area contributed by atoms with Gasteiger partial charge in [0.25, 0.3) is 0 Å². The van der Waals surface area contributed by atoms with Crippen molar-refractivity contribution in [1.82, 2.24) is 0 Å². The summed E-state index contributed by atoms with van der Waals surface area (Å²) in [5.41, 5.74) is 7.85. The lowest BCUT2D eigenvalue weighted by atomic mass is 9.92. The van der Waals surface area contributed by atoms with E-state index < -0.39 is 0 Å². The number of halogens is 1. The predicted molar refractivity (Wildman–Crippen MR) is 84.3 cm³/mol. The van der Waals surface area contributed by atoms with Gasteiger partial charge in [-0.15, -0.1) is 0 Å². The molecule has 0 aliphatic carbocycles. The molecule has 1 atom stereocenters. The Balaban J connectivity index is 2.59. The molecule has 0 amide bonds. The molecule has 1 heterocycles. The van der Waals surface area contributed by atoms with Gasteiger partial charge in [-0.1, -0.05) is 33.6 Å². The molecule has 0 saturated carbocycles. The van der Waals surface area contributed by atoms with E-state index in [1.54, 1.807) is 0 Å². The highest BCUT2D eigenvalue weighted by molar-refractivity contribution is 9.09. The predicted octanol–water partition coefficient (Wildman–Crippen LogP) is 5.61. The van der Waals surface area contributed by atoms with Crippen molar-refractivity contribution in [3.8, 4) is 0 Å². The molecule has 0 aliphatic heterocycles. The van der Waals surface area contributed by atoms with Gasteiger partial charge in [0.1, 0.15) is 11.5 Å². The Hall–Kier alpha value is -1.02. The Morgan fingerprint density at radius 3 is 1.79 bits per heavy atom. The number of aryl methyl sites for hydroxylation is 5. The van der Waals surface area contributed by atoms with Gasteiger partial charge in [0.05, 0.1) is 4.83 Å². The van der Waals surface area contributed by atoms with Crippen LogP contribution in [0.25, 0.3) is 0 Å². The van der Waals surface area contributed by atoms with Crippen molar-refractivity contribution in [1.29, 1.82) is 0 Å². The van der Waals surface area contributed by atoms with E-state index in [0.717, 1.165) is 11.5 Å². The second-order valence-electron chi connectivity index (χ2n) is 5.43. The monoisotopic (exact) mass is 320 g/mol. The Bertz CT molecular complexity index is 599. The first-order valence-corrected chi connectivity index (χ1v) is 7.52. The third-order valence-electron chi connectivity index (χ3n) is 3.86. The minimum Gasteiger partial charge on any atom is -0.466 e. The van der Waals surface area contributed by atoms with Gasteiger partial charge >= 0.3 is 0 Å². The van der Waals surface area contributed by atoms with E-state index in [1.165, 1.54) is 33.4 Å². The summed E-state index contributed by atoms with van der Waals surface area (Å²) in [6, 6.07) is 4.49. The van der Waals surface area contributed by atoms with Crippen LogP contribution in [-0.2, 0) is 0 Å². The first-order valence-electron chi connectivity index (χ1n) is 6.61. The summed E-state index contributed by atoms with van der Waals surface area (Å²) in [5, 5.41) is 0. The fraction of sp³-hybridized carbons (Fsp3) is 0.412. The molecule has 102 valence electrons. The van der Waals surface area contributed by atoms with E-state index in [-0.39, 0.29) is 4.83 Å². The Morgan fingerprint density at radius 1 is 0.842 bits per heavy atom. The van der Waals surface area contributed by atoms with Gasteiger partial charge in [-0.25, -0.2) is 0 Å². The van der Waals surface area contributed by atoms with Crippen molar-refractivity contribution in [3.63, 3.8) is 0 Å². The van der Waals surface area contributed by atoms with Crippen molar-refractivity contribution in [2.45, 2.75) is 46.4 Å². The summed E-state index contributed by atoms with van der Waals surface area (Å²) in [6.07, 6.45) is 0. The third kappa shape index (κ3) is 2.51. The Labute approximate surface area is 124 Å². The van der Waals surface area contributed by atoms with E-state index in [4.69, 9.17) is 4.42 Å². The summed E-state index contributed by atoms with van der Waals surface area (Å²) in [6.45, 7) is 12.7. The molecule has 0 spiro atoms. The molecule has 2 rings (SSSR count). The van der Waals surface area contributed by atoms with E-state index in [2.05, 4.69) is 55.8 Å². The lowest BCUT2D eigenvalue weighted by Gasteiger charge is -2.17. The largest absolute Gasteiger partial charge is 0.466 e. The average Bonchev–Trinajstić information content (AvgIpc) is 2.51. The summed E-state index contributed by atoms with van der Waals surface area (Å²) < 4.78 is 5.76. The molecule has 0 aliphatic rings.